The average molecular weight is 296 g/mol. The van der Waals surface area contributed by atoms with Crippen LogP contribution in [0, 0.1) is 18.3 Å². The van der Waals surface area contributed by atoms with E-state index in [0.29, 0.717) is 22.6 Å². The predicted octanol–water partition coefficient (Wildman–Crippen LogP) is 2.48. The largest absolute Gasteiger partial charge is 0.463 e. The molecule has 1 atom stereocenters. The quantitative estimate of drug-likeness (QED) is 0.866. The number of piperidine rings is 3. The molecule has 114 valence electrons. The number of amides is 1. The molecule has 3 aliphatic rings. The van der Waals surface area contributed by atoms with E-state index in [2.05, 4.69) is 16.1 Å². The Morgan fingerprint density at radius 1 is 1.41 bits per heavy atom. The summed E-state index contributed by atoms with van der Waals surface area (Å²) in [4.78, 5) is 15.0. The summed E-state index contributed by atoms with van der Waals surface area (Å²) >= 11 is 0. The minimum absolute atomic E-state index is 0. The Hall–Kier alpha value is -2.25. The third-order valence-electron chi connectivity index (χ3n) is 4.96. The molecule has 0 saturated carbocycles. The molecular formula is C18H20N2O2. The molecule has 0 unspecified atom stereocenters. The van der Waals surface area contributed by atoms with Crippen molar-refractivity contribution in [3.8, 4) is 12.3 Å². The van der Waals surface area contributed by atoms with Gasteiger partial charge in [0.05, 0.1) is 5.56 Å². The Morgan fingerprint density at radius 3 is 2.91 bits per heavy atom. The summed E-state index contributed by atoms with van der Waals surface area (Å²) in [5.41, 5.74) is 2.04. The number of nitrogens with one attached hydrogen (secondary N) is 1. The fraction of sp³-hybridized carbons (Fsp3) is 0.389. The lowest BCUT2D eigenvalue weighted by Crippen LogP contribution is -2.57. The lowest BCUT2D eigenvalue weighted by atomic mass is 9.84. The van der Waals surface area contributed by atoms with E-state index < -0.39 is 0 Å². The Balaban J connectivity index is 0.00000156. The van der Waals surface area contributed by atoms with Crippen molar-refractivity contribution in [1.29, 1.82) is 0 Å². The molecule has 4 heterocycles. The van der Waals surface area contributed by atoms with Gasteiger partial charge in [-0.25, -0.2) is 0 Å². The third kappa shape index (κ3) is 2.18. The number of nitrogens with zero attached hydrogens (tertiary/aromatic N) is 1. The summed E-state index contributed by atoms with van der Waals surface area (Å²) < 4.78 is 5.38. The molecule has 3 saturated heterocycles. The van der Waals surface area contributed by atoms with Gasteiger partial charge in [0, 0.05) is 25.0 Å². The first kappa shape index (κ1) is 13.4. The number of rotatable bonds is 2. The van der Waals surface area contributed by atoms with Crippen LogP contribution < -0.4 is 5.32 Å². The van der Waals surface area contributed by atoms with Gasteiger partial charge in [0.25, 0.3) is 5.91 Å². The molecule has 3 fully saturated rings. The Kier molecular flexibility index (Phi) is 3.16. The predicted molar refractivity (Wildman–Crippen MR) is 86.7 cm³/mol. The SMILES string of the molecule is C#Cc1coc2ccc(C(=O)N[C@H]3CN4CCC3CC4)cc12.[HH]. The summed E-state index contributed by atoms with van der Waals surface area (Å²) in [7, 11) is 0. The van der Waals surface area contributed by atoms with Crippen molar-refractivity contribution >= 4 is 16.9 Å². The number of hydrogen-bond donors (Lipinski definition) is 1. The van der Waals surface area contributed by atoms with Crippen LogP contribution in [0.1, 0.15) is 30.2 Å². The zero-order valence-electron chi connectivity index (χ0n) is 12.3. The van der Waals surface area contributed by atoms with Crippen LogP contribution in [-0.2, 0) is 0 Å². The van der Waals surface area contributed by atoms with Crippen LogP contribution in [0.5, 0.6) is 0 Å². The number of terminal acetylenes is 1. The summed E-state index contributed by atoms with van der Waals surface area (Å²) in [6.07, 6.45) is 9.39. The number of fused-ring (bicyclic) bond motifs is 4. The molecule has 22 heavy (non-hydrogen) atoms. The first-order valence-electron chi connectivity index (χ1n) is 7.75. The molecule has 1 aromatic heterocycles. The molecule has 0 spiro atoms. The summed E-state index contributed by atoms with van der Waals surface area (Å²) in [5, 5.41) is 4.02. The number of carbonyl (C=O) groups excluding carboxylic acids is 1. The molecule has 5 rings (SSSR count). The van der Waals surface area contributed by atoms with Crippen LogP contribution in [0.2, 0.25) is 0 Å². The van der Waals surface area contributed by atoms with Gasteiger partial charge in [-0.05, 0) is 50.0 Å². The minimum atomic E-state index is -0.0233. The van der Waals surface area contributed by atoms with Gasteiger partial charge < -0.3 is 14.6 Å². The lowest BCUT2D eigenvalue weighted by molar-refractivity contribution is 0.0620. The van der Waals surface area contributed by atoms with Crippen LogP contribution in [0.3, 0.4) is 0 Å². The van der Waals surface area contributed by atoms with Gasteiger partial charge in [0.15, 0.2) is 0 Å². The second-order valence-electron chi connectivity index (χ2n) is 6.22. The molecule has 1 N–H and O–H groups in total. The molecule has 1 amide bonds. The average Bonchev–Trinajstić information content (AvgIpc) is 2.98. The maximum absolute atomic E-state index is 12.5. The highest BCUT2D eigenvalue weighted by Crippen LogP contribution is 2.28. The minimum Gasteiger partial charge on any atom is -0.463 e. The van der Waals surface area contributed by atoms with Crippen LogP contribution in [0.15, 0.2) is 28.9 Å². The van der Waals surface area contributed by atoms with Crippen LogP contribution >= 0.6 is 0 Å². The van der Waals surface area contributed by atoms with Crippen molar-refractivity contribution in [3.05, 3.63) is 35.6 Å². The highest BCUT2D eigenvalue weighted by Gasteiger charge is 2.34. The molecule has 1 aromatic carbocycles. The van der Waals surface area contributed by atoms with Crippen LogP contribution in [-0.4, -0.2) is 36.5 Å². The lowest BCUT2D eigenvalue weighted by Gasteiger charge is -2.44. The van der Waals surface area contributed by atoms with E-state index >= 15 is 0 Å². The second-order valence-corrected chi connectivity index (χ2v) is 6.22. The molecular weight excluding hydrogens is 276 g/mol. The molecule has 0 radical (unpaired) electrons. The van der Waals surface area contributed by atoms with Crippen molar-refractivity contribution in [2.24, 2.45) is 5.92 Å². The van der Waals surface area contributed by atoms with Gasteiger partial charge in [-0.1, -0.05) is 5.92 Å². The zero-order chi connectivity index (χ0) is 15.1. The van der Waals surface area contributed by atoms with Gasteiger partial charge in [0.2, 0.25) is 0 Å². The van der Waals surface area contributed by atoms with Crippen LogP contribution in [0.25, 0.3) is 11.0 Å². The van der Waals surface area contributed by atoms with Gasteiger partial charge >= 0.3 is 0 Å². The Morgan fingerprint density at radius 2 is 2.23 bits per heavy atom. The van der Waals surface area contributed by atoms with Crippen molar-refractivity contribution < 1.29 is 10.6 Å². The van der Waals surface area contributed by atoms with E-state index in [1.54, 1.807) is 12.3 Å². The standard InChI is InChI=1S/C18H18N2O2.H2/c1-2-12-11-22-17-4-3-14(9-15(12)17)18(21)19-16-10-20-7-5-13(16)6-8-20;/h1,3-4,9,11,13,16H,5-8,10H2,(H,19,21);1H/t16-;/m0./s1. The maximum Gasteiger partial charge on any atom is 0.251 e. The van der Waals surface area contributed by atoms with Gasteiger partial charge in [-0.2, -0.15) is 0 Å². The number of carbonyl (C=O) groups is 1. The smallest absolute Gasteiger partial charge is 0.251 e. The number of hydrogen-bond acceptors (Lipinski definition) is 3. The second kappa shape index (κ2) is 5.19. The molecule has 3 aliphatic heterocycles. The van der Waals surface area contributed by atoms with Crippen molar-refractivity contribution in [2.75, 3.05) is 19.6 Å². The number of furan rings is 1. The summed E-state index contributed by atoms with van der Waals surface area (Å²) in [6.45, 7) is 3.31. The topological polar surface area (TPSA) is 45.5 Å². The van der Waals surface area contributed by atoms with Crippen molar-refractivity contribution in [1.82, 2.24) is 10.2 Å². The van der Waals surface area contributed by atoms with E-state index in [4.69, 9.17) is 10.8 Å². The van der Waals surface area contributed by atoms with E-state index in [9.17, 15) is 4.79 Å². The zero-order valence-corrected chi connectivity index (χ0v) is 12.3. The van der Waals surface area contributed by atoms with Crippen LogP contribution in [0.4, 0.5) is 0 Å². The highest BCUT2D eigenvalue weighted by atomic mass is 16.3. The fourth-order valence-corrected chi connectivity index (χ4v) is 3.66. The van der Waals surface area contributed by atoms with Gasteiger partial charge in [-0.15, -0.1) is 6.42 Å². The van der Waals surface area contributed by atoms with E-state index in [1.807, 2.05) is 12.1 Å². The maximum atomic E-state index is 12.5. The molecule has 2 bridgehead atoms. The first-order chi connectivity index (χ1) is 10.7. The fourth-order valence-electron chi connectivity index (χ4n) is 3.66. The monoisotopic (exact) mass is 296 g/mol. The molecule has 4 heteroatoms. The third-order valence-corrected chi connectivity index (χ3v) is 4.96. The van der Waals surface area contributed by atoms with Crippen molar-refractivity contribution in [3.63, 3.8) is 0 Å². The highest BCUT2D eigenvalue weighted by molar-refractivity contribution is 5.99. The Labute approximate surface area is 131 Å². The van der Waals surface area contributed by atoms with Gasteiger partial charge in [0.1, 0.15) is 11.8 Å². The van der Waals surface area contributed by atoms with E-state index in [1.165, 1.54) is 25.9 Å². The molecule has 0 aliphatic carbocycles. The molecule has 2 aromatic rings. The Bertz CT molecular complexity index is 769. The summed E-state index contributed by atoms with van der Waals surface area (Å²) in [5.74, 6) is 3.18. The summed E-state index contributed by atoms with van der Waals surface area (Å²) in [6, 6.07) is 5.69. The number of benzene rings is 1. The first-order valence-corrected chi connectivity index (χ1v) is 7.75. The van der Waals surface area contributed by atoms with E-state index in [-0.39, 0.29) is 13.4 Å². The van der Waals surface area contributed by atoms with E-state index in [0.717, 1.165) is 11.9 Å². The van der Waals surface area contributed by atoms with Gasteiger partial charge in [-0.3, -0.25) is 4.79 Å². The van der Waals surface area contributed by atoms with Crippen molar-refractivity contribution in [2.45, 2.75) is 18.9 Å². The normalized spacial score (nSPS) is 26.8. The molecule has 4 nitrogen and oxygen atoms in total.